The normalized spacial score (nSPS) is 37.5. The van der Waals surface area contributed by atoms with Gasteiger partial charge in [0.15, 0.2) is 0 Å². The fraction of sp³-hybridized carbons (Fsp3) is 0.500. The van der Waals surface area contributed by atoms with Crippen molar-refractivity contribution >= 4 is 21.7 Å². The average Bonchev–Trinajstić information content (AvgIpc) is 2.83. The zero-order chi connectivity index (χ0) is 9.00. The number of Topliss-reactive ketones (excluding diaryl/α,β-unsaturated/α-hetero) is 1. The number of hydrogen-bond donors (Lipinski definition) is 0. The van der Waals surface area contributed by atoms with Crippen molar-refractivity contribution in [1.82, 2.24) is 0 Å². The van der Waals surface area contributed by atoms with Crippen molar-refractivity contribution < 1.29 is 9.53 Å². The van der Waals surface area contributed by atoms with E-state index in [4.69, 9.17) is 4.74 Å². The highest BCUT2D eigenvalue weighted by Gasteiger charge is 2.42. The van der Waals surface area contributed by atoms with Gasteiger partial charge in [0.2, 0.25) is 5.78 Å². The monoisotopic (exact) mass is 240 g/mol. The van der Waals surface area contributed by atoms with E-state index in [0.717, 1.165) is 4.48 Å². The largest absolute Gasteiger partial charge is 0.354 e. The van der Waals surface area contributed by atoms with E-state index in [-0.39, 0.29) is 18.0 Å². The summed E-state index contributed by atoms with van der Waals surface area (Å²) in [6.07, 6.45) is 6.03. The second-order valence-corrected chi connectivity index (χ2v) is 4.56. The van der Waals surface area contributed by atoms with Crippen LogP contribution in [0.3, 0.4) is 0 Å². The third-order valence-corrected chi connectivity index (χ3v) is 3.65. The first kappa shape index (κ1) is 7.94. The molecule has 0 unspecified atom stereocenters. The summed E-state index contributed by atoms with van der Waals surface area (Å²) in [5, 5.41) is 0. The van der Waals surface area contributed by atoms with Crippen molar-refractivity contribution in [2.75, 3.05) is 0 Å². The van der Waals surface area contributed by atoms with Crippen LogP contribution in [0.1, 0.15) is 12.8 Å². The fourth-order valence-electron chi connectivity index (χ4n) is 1.97. The number of fused-ring (bicyclic) bond motifs is 2. The molecule has 1 saturated carbocycles. The first-order valence-electron chi connectivity index (χ1n) is 4.55. The molecule has 0 radical (unpaired) electrons. The van der Waals surface area contributed by atoms with E-state index in [9.17, 15) is 4.79 Å². The van der Waals surface area contributed by atoms with Crippen molar-refractivity contribution in [2.24, 2.45) is 5.92 Å². The van der Waals surface area contributed by atoms with Crippen LogP contribution in [0.25, 0.3) is 0 Å². The van der Waals surface area contributed by atoms with Gasteiger partial charge < -0.3 is 4.74 Å². The maximum absolute atomic E-state index is 11.6. The van der Waals surface area contributed by atoms with Crippen molar-refractivity contribution in [3.63, 3.8) is 0 Å². The minimum absolute atomic E-state index is 0.0737. The molecule has 68 valence electrons. The predicted octanol–water partition coefficient (Wildman–Crippen LogP) is 1.95. The van der Waals surface area contributed by atoms with Crippen molar-refractivity contribution in [2.45, 2.75) is 25.0 Å². The van der Waals surface area contributed by atoms with Gasteiger partial charge in [0, 0.05) is 0 Å². The minimum atomic E-state index is -0.318. The van der Waals surface area contributed by atoms with Crippen LogP contribution in [0, 0.1) is 5.92 Å². The third kappa shape index (κ3) is 1.07. The maximum atomic E-state index is 11.6. The van der Waals surface area contributed by atoms with Gasteiger partial charge >= 0.3 is 0 Å². The Kier molecular flexibility index (Phi) is 1.56. The van der Waals surface area contributed by atoms with Gasteiger partial charge in [0.05, 0.1) is 10.6 Å². The first-order chi connectivity index (χ1) is 6.27. The molecule has 0 amide bonds. The Labute approximate surface area is 84.8 Å². The fourth-order valence-corrected chi connectivity index (χ4v) is 2.75. The molecule has 2 heterocycles. The lowest BCUT2D eigenvalue weighted by Gasteiger charge is -2.23. The van der Waals surface area contributed by atoms with Crippen LogP contribution in [0.4, 0.5) is 0 Å². The topological polar surface area (TPSA) is 26.3 Å². The molecule has 0 aromatic heterocycles. The van der Waals surface area contributed by atoms with Gasteiger partial charge in [-0.25, -0.2) is 0 Å². The summed E-state index contributed by atoms with van der Waals surface area (Å²) in [6.45, 7) is 0. The number of ketones is 1. The lowest BCUT2D eigenvalue weighted by Crippen LogP contribution is -2.30. The van der Waals surface area contributed by atoms with Gasteiger partial charge in [0.25, 0.3) is 0 Å². The average molecular weight is 241 g/mol. The van der Waals surface area contributed by atoms with Crippen LogP contribution >= 0.6 is 15.9 Å². The quantitative estimate of drug-likeness (QED) is 0.656. The standard InChI is InChI=1S/C10H9BrO2/c11-9-8(5-1-2-5)6-3-4-7(13-6)10(9)12/h3-7H,1-2H2/t6-,7+/m1/s1. The number of hydrogen-bond acceptors (Lipinski definition) is 2. The van der Waals surface area contributed by atoms with Gasteiger partial charge in [-0.3, -0.25) is 4.79 Å². The Morgan fingerprint density at radius 1 is 1.31 bits per heavy atom. The number of carbonyl (C=O) groups is 1. The Morgan fingerprint density at radius 3 is 2.69 bits per heavy atom. The molecule has 1 aliphatic carbocycles. The summed E-state index contributed by atoms with van der Waals surface area (Å²) < 4.78 is 6.32. The van der Waals surface area contributed by atoms with E-state index < -0.39 is 0 Å². The Balaban J connectivity index is 2.08. The van der Waals surface area contributed by atoms with Crippen LogP contribution in [0.2, 0.25) is 0 Å². The molecule has 2 aliphatic heterocycles. The third-order valence-electron chi connectivity index (χ3n) is 2.81. The Bertz CT molecular complexity index is 339. The molecule has 0 spiro atoms. The van der Waals surface area contributed by atoms with Gasteiger partial charge in [-0.05, 0) is 46.3 Å². The van der Waals surface area contributed by atoms with Crippen LogP contribution < -0.4 is 0 Å². The summed E-state index contributed by atoms with van der Waals surface area (Å²) in [5.74, 6) is 0.680. The van der Waals surface area contributed by atoms with Gasteiger partial charge in [-0.2, -0.15) is 0 Å². The summed E-state index contributed by atoms with van der Waals surface area (Å²) in [7, 11) is 0. The molecule has 2 nitrogen and oxygen atoms in total. The highest BCUT2D eigenvalue weighted by atomic mass is 79.9. The molecule has 1 fully saturated rings. The van der Waals surface area contributed by atoms with E-state index in [1.54, 1.807) is 0 Å². The first-order valence-corrected chi connectivity index (χ1v) is 5.34. The summed E-state index contributed by atoms with van der Waals surface area (Å²) in [5.41, 5.74) is 1.18. The summed E-state index contributed by atoms with van der Waals surface area (Å²) in [4.78, 5) is 11.6. The molecule has 3 heteroatoms. The molecular formula is C10H9BrO2. The van der Waals surface area contributed by atoms with Crippen molar-refractivity contribution in [1.29, 1.82) is 0 Å². The van der Waals surface area contributed by atoms with Crippen LogP contribution in [0.15, 0.2) is 22.2 Å². The Morgan fingerprint density at radius 2 is 2.00 bits per heavy atom. The summed E-state index contributed by atoms with van der Waals surface area (Å²) in [6, 6.07) is 0. The molecule has 2 atom stereocenters. The molecule has 0 aromatic carbocycles. The van der Waals surface area contributed by atoms with Crippen molar-refractivity contribution in [3.05, 3.63) is 22.2 Å². The van der Waals surface area contributed by atoms with Crippen molar-refractivity contribution in [3.8, 4) is 0 Å². The maximum Gasteiger partial charge on any atom is 0.202 e. The van der Waals surface area contributed by atoms with E-state index in [2.05, 4.69) is 15.9 Å². The number of halogens is 1. The van der Waals surface area contributed by atoms with E-state index >= 15 is 0 Å². The smallest absolute Gasteiger partial charge is 0.202 e. The molecule has 3 rings (SSSR count). The van der Waals surface area contributed by atoms with E-state index in [1.807, 2.05) is 12.2 Å². The van der Waals surface area contributed by atoms with Crippen LogP contribution in [-0.2, 0) is 9.53 Å². The second-order valence-electron chi connectivity index (χ2n) is 3.77. The number of ether oxygens (including phenoxy) is 1. The molecule has 0 aromatic rings. The molecule has 0 N–H and O–H groups in total. The number of carbonyl (C=O) groups excluding carboxylic acids is 1. The van der Waals surface area contributed by atoms with Gasteiger partial charge in [0.1, 0.15) is 6.10 Å². The van der Waals surface area contributed by atoms with E-state index in [1.165, 1.54) is 18.4 Å². The zero-order valence-corrected chi connectivity index (χ0v) is 8.58. The zero-order valence-electron chi connectivity index (χ0n) is 7.00. The lowest BCUT2D eigenvalue weighted by atomic mass is 10.0. The minimum Gasteiger partial charge on any atom is -0.354 e. The lowest BCUT2D eigenvalue weighted by molar-refractivity contribution is -0.124. The SMILES string of the molecule is O=C1C(Br)=C(C2CC2)[C@H]2C=C[C@@H]1O2. The van der Waals surface area contributed by atoms with Gasteiger partial charge in [-0.15, -0.1) is 0 Å². The molecule has 0 saturated heterocycles. The summed E-state index contributed by atoms with van der Waals surface area (Å²) >= 11 is 3.39. The predicted molar refractivity (Wildman–Crippen MR) is 51.5 cm³/mol. The highest BCUT2D eigenvalue weighted by Crippen LogP contribution is 2.46. The molecule has 3 aliphatic rings. The van der Waals surface area contributed by atoms with Crippen LogP contribution in [0.5, 0.6) is 0 Å². The van der Waals surface area contributed by atoms with Crippen LogP contribution in [-0.4, -0.2) is 18.0 Å². The molecular weight excluding hydrogens is 232 g/mol. The highest BCUT2D eigenvalue weighted by molar-refractivity contribution is 9.12. The Hall–Kier alpha value is -0.410. The molecule has 13 heavy (non-hydrogen) atoms. The number of rotatable bonds is 1. The van der Waals surface area contributed by atoms with Gasteiger partial charge in [-0.1, -0.05) is 6.08 Å². The molecule has 2 bridgehead atoms. The second kappa shape index (κ2) is 2.55. The van der Waals surface area contributed by atoms with E-state index in [0.29, 0.717) is 5.92 Å².